The highest BCUT2D eigenvalue weighted by Crippen LogP contribution is 2.21. The van der Waals surface area contributed by atoms with Crippen LogP contribution in [0.15, 0.2) is 40.8 Å². The van der Waals surface area contributed by atoms with Crippen molar-refractivity contribution >= 4 is 12.3 Å². The van der Waals surface area contributed by atoms with E-state index >= 15 is 0 Å². The van der Waals surface area contributed by atoms with Gasteiger partial charge in [-0.1, -0.05) is 39.8 Å². The predicted molar refractivity (Wildman–Crippen MR) is 79.2 cm³/mol. The molecule has 4 nitrogen and oxygen atoms in total. The Hall–Kier alpha value is -2.36. The normalized spacial score (nSPS) is 8.60. The summed E-state index contributed by atoms with van der Waals surface area (Å²) in [6, 6.07) is 9.47. The van der Waals surface area contributed by atoms with Crippen molar-refractivity contribution in [2.75, 3.05) is 0 Å². The second-order valence-corrected chi connectivity index (χ2v) is 3.20. The first kappa shape index (κ1) is 17.6. The van der Waals surface area contributed by atoms with E-state index in [2.05, 4.69) is 0 Å². The fourth-order valence-electron chi connectivity index (χ4n) is 1.35. The van der Waals surface area contributed by atoms with Crippen molar-refractivity contribution in [3.05, 3.63) is 47.7 Å². The van der Waals surface area contributed by atoms with Crippen molar-refractivity contribution in [1.29, 1.82) is 0 Å². The quantitative estimate of drug-likeness (QED) is 0.837. The zero-order valence-corrected chi connectivity index (χ0v) is 12.2. The number of carbonyl (C=O) groups is 2. The average Bonchev–Trinajstić information content (AvgIpc) is 3.00. The van der Waals surface area contributed by atoms with Crippen LogP contribution in [0.25, 0.3) is 11.3 Å². The molecule has 0 aliphatic heterocycles. The number of furan rings is 1. The topological polar surface area (TPSA) is 67.5 Å². The number of carboxylic acids is 1. The van der Waals surface area contributed by atoms with Crippen LogP contribution in [0.5, 0.6) is 0 Å². The number of carbonyl (C=O) groups excluding carboxylic acids is 1. The molecule has 108 valence electrons. The lowest BCUT2D eigenvalue weighted by Crippen LogP contribution is -1.94. The van der Waals surface area contributed by atoms with Gasteiger partial charge in [-0.3, -0.25) is 4.79 Å². The van der Waals surface area contributed by atoms with E-state index in [-0.39, 0.29) is 11.3 Å². The smallest absolute Gasteiger partial charge is 0.335 e. The summed E-state index contributed by atoms with van der Waals surface area (Å²) in [7, 11) is 0. The molecule has 1 N–H and O–H groups in total. The van der Waals surface area contributed by atoms with Gasteiger partial charge in [-0.05, 0) is 24.3 Å². The minimum absolute atomic E-state index is 0.214. The number of benzene rings is 1. The Morgan fingerprint density at radius 3 is 1.95 bits per heavy atom. The molecule has 0 saturated carbocycles. The van der Waals surface area contributed by atoms with Crippen molar-refractivity contribution in [2.24, 2.45) is 0 Å². The van der Waals surface area contributed by atoms with Crippen LogP contribution < -0.4 is 0 Å². The molecule has 0 aliphatic rings. The number of aromatic carboxylic acids is 1. The molecule has 0 radical (unpaired) electrons. The first-order valence-electron chi connectivity index (χ1n) is 6.59. The Morgan fingerprint density at radius 2 is 1.55 bits per heavy atom. The predicted octanol–water partition coefficient (Wildman–Crippen LogP) is 4.51. The van der Waals surface area contributed by atoms with Crippen molar-refractivity contribution in [1.82, 2.24) is 0 Å². The van der Waals surface area contributed by atoms with E-state index in [1.54, 1.807) is 24.3 Å². The van der Waals surface area contributed by atoms with E-state index in [0.717, 1.165) is 5.56 Å². The minimum atomic E-state index is -0.973. The molecule has 0 saturated heterocycles. The molecule has 2 rings (SSSR count). The molecular formula is C16H20O4. The van der Waals surface area contributed by atoms with E-state index in [1.165, 1.54) is 12.1 Å². The molecule has 1 aromatic carbocycles. The molecule has 0 spiro atoms. The lowest BCUT2D eigenvalue weighted by Gasteiger charge is -1.97. The van der Waals surface area contributed by atoms with Gasteiger partial charge in [-0.15, -0.1) is 0 Å². The average molecular weight is 276 g/mol. The Balaban J connectivity index is 0.000000829. The monoisotopic (exact) mass is 276 g/mol. The molecule has 0 fully saturated rings. The van der Waals surface area contributed by atoms with Gasteiger partial charge in [0.25, 0.3) is 0 Å². The molecule has 1 heterocycles. The maximum Gasteiger partial charge on any atom is 0.335 e. The van der Waals surface area contributed by atoms with Gasteiger partial charge in [0, 0.05) is 5.56 Å². The van der Waals surface area contributed by atoms with Crippen LogP contribution in [0.3, 0.4) is 0 Å². The Bertz CT molecular complexity index is 524. The highest BCUT2D eigenvalue weighted by atomic mass is 16.4. The van der Waals surface area contributed by atoms with Gasteiger partial charge in [-0.25, -0.2) is 4.79 Å². The molecular weight excluding hydrogens is 256 g/mol. The molecule has 0 bridgehead atoms. The van der Waals surface area contributed by atoms with Gasteiger partial charge in [0.05, 0.1) is 5.56 Å². The summed E-state index contributed by atoms with van der Waals surface area (Å²) in [4.78, 5) is 21.1. The van der Waals surface area contributed by atoms with Gasteiger partial charge in [0.2, 0.25) is 0 Å². The van der Waals surface area contributed by atoms with Crippen LogP contribution >= 0.6 is 0 Å². The third-order valence-corrected chi connectivity index (χ3v) is 2.16. The lowest BCUT2D eigenvalue weighted by atomic mass is 10.1. The second-order valence-electron chi connectivity index (χ2n) is 3.20. The van der Waals surface area contributed by atoms with Crippen molar-refractivity contribution in [3.63, 3.8) is 0 Å². The van der Waals surface area contributed by atoms with Crippen LogP contribution in [0.4, 0.5) is 0 Å². The van der Waals surface area contributed by atoms with Crippen molar-refractivity contribution in [2.45, 2.75) is 27.7 Å². The van der Waals surface area contributed by atoms with Crippen LogP contribution in [0.2, 0.25) is 0 Å². The third-order valence-electron chi connectivity index (χ3n) is 2.16. The maximum atomic E-state index is 10.6. The third kappa shape index (κ3) is 4.72. The van der Waals surface area contributed by atoms with Crippen LogP contribution in [0, 0.1) is 0 Å². The first-order chi connectivity index (χ1) is 9.70. The molecule has 1 aromatic heterocycles. The van der Waals surface area contributed by atoms with E-state index in [1.807, 2.05) is 27.7 Å². The maximum absolute atomic E-state index is 10.6. The number of hydrogen-bond donors (Lipinski definition) is 1. The summed E-state index contributed by atoms with van der Waals surface area (Å²) in [5.74, 6) is -0.184. The summed E-state index contributed by atoms with van der Waals surface area (Å²) < 4.78 is 5.20. The number of hydrogen-bond acceptors (Lipinski definition) is 3. The molecule has 20 heavy (non-hydrogen) atoms. The summed E-state index contributed by atoms with van der Waals surface area (Å²) >= 11 is 0. The number of rotatable bonds is 3. The zero-order chi connectivity index (χ0) is 15.5. The summed E-state index contributed by atoms with van der Waals surface area (Å²) in [5.41, 5.74) is 0.948. The lowest BCUT2D eigenvalue weighted by molar-refractivity contribution is 0.0696. The highest BCUT2D eigenvalue weighted by molar-refractivity contribution is 5.88. The van der Waals surface area contributed by atoms with Crippen LogP contribution in [-0.2, 0) is 0 Å². The molecule has 2 aromatic rings. The Morgan fingerprint density at radius 1 is 1.00 bits per heavy atom. The first-order valence-corrected chi connectivity index (χ1v) is 6.59. The fourth-order valence-corrected chi connectivity index (χ4v) is 1.35. The second kappa shape index (κ2) is 9.55. The van der Waals surface area contributed by atoms with Crippen LogP contribution in [0.1, 0.15) is 48.6 Å². The highest BCUT2D eigenvalue weighted by Gasteiger charge is 2.06. The van der Waals surface area contributed by atoms with Crippen molar-refractivity contribution in [3.8, 4) is 11.3 Å². The molecule has 0 unspecified atom stereocenters. The van der Waals surface area contributed by atoms with Gasteiger partial charge < -0.3 is 9.52 Å². The van der Waals surface area contributed by atoms with Crippen molar-refractivity contribution < 1.29 is 19.1 Å². The van der Waals surface area contributed by atoms with Gasteiger partial charge >= 0.3 is 5.97 Å². The minimum Gasteiger partial charge on any atom is -0.478 e. The molecule has 0 aliphatic carbocycles. The number of carboxylic acid groups (broad SMARTS) is 1. The Kier molecular flexibility index (Phi) is 8.43. The SMILES string of the molecule is CC.CC.O=Cc1ccc(-c2ccc(C(=O)O)cc2)o1. The summed E-state index contributed by atoms with van der Waals surface area (Å²) in [6.07, 6.45) is 0.620. The van der Waals surface area contributed by atoms with E-state index in [9.17, 15) is 9.59 Å². The molecule has 4 heteroatoms. The number of aldehydes is 1. The largest absolute Gasteiger partial charge is 0.478 e. The summed E-state index contributed by atoms with van der Waals surface area (Å²) in [5, 5.41) is 8.72. The summed E-state index contributed by atoms with van der Waals surface area (Å²) in [6.45, 7) is 8.00. The van der Waals surface area contributed by atoms with Gasteiger partial charge in [0.1, 0.15) is 5.76 Å². The Labute approximate surface area is 119 Å². The van der Waals surface area contributed by atoms with Gasteiger partial charge in [0.15, 0.2) is 12.0 Å². The van der Waals surface area contributed by atoms with Gasteiger partial charge in [-0.2, -0.15) is 0 Å². The van der Waals surface area contributed by atoms with E-state index in [0.29, 0.717) is 12.0 Å². The standard InChI is InChI=1S/C12H8O4.2C2H6/c13-7-10-5-6-11(16-10)8-1-3-9(4-2-8)12(14)15;2*1-2/h1-7H,(H,14,15);2*1-2H3. The van der Waals surface area contributed by atoms with Crippen LogP contribution in [-0.4, -0.2) is 17.4 Å². The fraction of sp³-hybridized carbons (Fsp3) is 0.250. The zero-order valence-electron chi connectivity index (χ0n) is 12.2. The van der Waals surface area contributed by atoms with E-state index in [4.69, 9.17) is 9.52 Å². The molecule has 0 atom stereocenters. The molecule has 0 amide bonds. The van der Waals surface area contributed by atoms with E-state index < -0.39 is 5.97 Å².